The van der Waals surface area contributed by atoms with Gasteiger partial charge in [-0.1, -0.05) is 34.6 Å². The minimum Gasteiger partial charge on any atom is -0.377 e. The maximum absolute atomic E-state index is 12.2. The van der Waals surface area contributed by atoms with E-state index in [0.717, 1.165) is 56.9 Å². The Labute approximate surface area is 156 Å². The van der Waals surface area contributed by atoms with Crippen molar-refractivity contribution in [2.75, 3.05) is 49.6 Å². The number of carbonyl (C=O) groups excluding carboxylic acids is 1. The molecule has 3 heterocycles. The Morgan fingerprint density at radius 2 is 1.85 bits per heavy atom. The summed E-state index contributed by atoms with van der Waals surface area (Å²) in [5, 5.41) is 3.44. The maximum atomic E-state index is 12.2. The lowest BCUT2D eigenvalue weighted by Gasteiger charge is -2.36. The lowest BCUT2D eigenvalue weighted by molar-refractivity contribution is -0.134. The topological polar surface area (TPSA) is 70.6 Å². The molecule has 0 atom stereocenters. The molecular weight excluding hydrogens is 330 g/mol. The highest BCUT2D eigenvalue weighted by atomic mass is 16.5. The molecule has 1 amide bonds. The van der Waals surface area contributed by atoms with Gasteiger partial charge in [-0.25, -0.2) is 4.98 Å². The normalized spacial score (nSPS) is 18.8. The molecule has 0 unspecified atom stereocenters. The van der Waals surface area contributed by atoms with Crippen LogP contribution in [0, 0.1) is 5.92 Å². The second-order valence-corrected chi connectivity index (χ2v) is 8.53. The fourth-order valence-electron chi connectivity index (χ4n) is 3.05. The van der Waals surface area contributed by atoms with E-state index in [1.54, 1.807) is 0 Å². The average molecular weight is 361 g/mol. The van der Waals surface area contributed by atoms with Gasteiger partial charge in [-0.15, -0.1) is 0 Å². The zero-order valence-electron chi connectivity index (χ0n) is 16.6. The number of nitrogens with one attached hydrogen (secondary N) is 1. The lowest BCUT2D eigenvalue weighted by Crippen LogP contribution is -2.50. The van der Waals surface area contributed by atoms with Crippen LogP contribution in [0.2, 0.25) is 0 Å². The highest BCUT2D eigenvalue weighted by Crippen LogP contribution is 2.26. The van der Waals surface area contributed by atoms with Crippen LogP contribution in [0.5, 0.6) is 0 Å². The third kappa shape index (κ3) is 4.26. The van der Waals surface area contributed by atoms with E-state index in [0.29, 0.717) is 6.04 Å². The summed E-state index contributed by atoms with van der Waals surface area (Å²) in [7, 11) is 0. The van der Waals surface area contributed by atoms with E-state index in [-0.39, 0.29) is 17.2 Å². The first-order chi connectivity index (χ1) is 12.2. The number of anilines is 2. The minimum atomic E-state index is -0.0559. The van der Waals surface area contributed by atoms with Gasteiger partial charge < -0.3 is 19.9 Å². The van der Waals surface area contributed by atoms with Crippen molar-refractivity contribution < 1.29 is 9.53 Å². The summed E-state index contributed by atoms with van der Waals surface area (Å²) in [5.41, 5.74) is 0.963. The van der Waals surface area contributed by atoms with Gasteiger partial charge in [0.1, 0.15) is 5.82 Å². The van der Waals surface area contributed by atoms with E-state index in [1.807, 2.05) is 24.8 Å². The van der Waals surface area contributed by atoms with Gasteiger partial charge in [0.05, 0.1) is 24.9 Å². The number of amides is 1. The van der Waals surface area contributed by atoms with E-state index in [2.05, 4.69) is 31.0 Å². The van der Waals surface area contributed by atoms with E-state index in [1.165, 1.54) is 0 Å². The van der Waals surface area contributed by atoms with Crippen LogP contribution in [0.15, 0.2) is 6.07 Å². The Morgan fingerprint density at radius 1 is 1.19 bits per heavy atom. The van der Waals surface area contributed by atoms with E-state index >= 15 is 0 Å². The van der Waals surface area contributed by atoms with E-state index in [9.17, 15) is 4.79 Å². The van der Waals surface area contributed by atoms with Crippen LogP contribution in [0.1, 0.15) is 40.3 Å². The third-order valence-corrected chi connectivity index (χ3v) is 4.84. The molecule has 0 radical (unpaired) electrons. The molecule has 7 nitrogen and oxygen atoms in total. The van der Waals surface area contributed by atoms with Gasteiger partial charge in [-0.3, -0.25) is 4.79 Å². The van der Waals surface area contributed by atoms with Crippen LogP contribution < -0.4 is 10.2 Å². The molecule has 0 aliphatic carbocycles. The SMILES string of the molecule is CC(C)C(=O)N1CCN(c2nc(NC3COC3)cc(C(C)(C)C)n2)CC1. The second-order valence-electron chi connectivity index (χ2n) is 8.53. The number of aromatic nitrogens is 2. The van der Waals surface area contributed by atoms with Crippen molar-refractivity contribution in [1.82, 2.24) is 14.9 Å². The van der Waals surface area contributed by atoms with Gasteiger partial charge >= 0.3 is 0 Å². The van der Waals surface area contributed by atoms with Crippen molar-refractivity contribution in [3.8, 4) is 0 Å². The Morgan fingerprint density at radius 3 is 2.35 bits per heavy atom. The Bertz CT molecular complexity index is 644. The summed E-state index contributed by atoms with van der Waals surface area (Å²) in [6.45, 7) is 14.8. The largest absolute Gasteiger partial charge is 0.377 e. The number of ether oxygens (including phenoxy) is 1. The molecule has 2 saturated heterocycles. The van der Waals surface area contributed by atoms with Gasteiger partial charge in [0.25, 0.3) is 0 Å². The van der Waals surface area contributed by atoms with Crippen LogP contribution in [-0.2, 0) is 14.9 Å². The summed E-state index contributed by atoms with van der Waals surface area (Å²) in [5.74, 6) is 1.87. The quantitative estimate of drug-likeness (QED) is 0.883. The van der Waals surface area contributed by atoms with Gasteiger partial charge in [0.15, 0.2) is 0 Å². The van der Waals surface area contributed by atoms with Crippen LogP contribution >= 0.6 is 0 Å². The Kier molecular flexibility index (Phi) is 5.37. The minimum absolute atomic E-state index is 0.0440. The zero-order chi connectivity index (χ0) is 18.9. The first-order valence-electron chi connectivity index (χ1n) is 9.51. The smallest absolute Gasteiger partial charge is 0.227 e. The lowest BCUT2D eigenvalue weighted by atomic mass is 9.92. The second kappa shape index (κ2) is 7.39. The Hall–Kier alpha value is -1.89. The van der Waals surface area contributed by atoms with E-state index < -0.39 is 0 Å². The first-order valence-corrected chi connectivity index (χ1v) is 9.51. The van der Waals surface area contributed by atoms with Crippen LogP contribution in [0.4, 0.5) is 11.8 Å². The summed E-state index contributed by atoms with van der Waals surface area (Å²) >= 11 is 0. The molecule has 0 saturated carbocycles. The standard InChI is InChI=1S/C19H31N5O2/c1-13(2)17(25)23-6-8-24(9-7-23)18-21-15(19(3,4)5)10-16(22-18)20-14-11-26-12-14/h10,13-14H,6-9,11-12H2,1-5H3,(H,20,21,22). The molecule has 0 aromatic carbocycles. The average Bonchev–Trinajstić information content (AvgIpc) is 2.56. The molecule has 1 aromatic heterocycles. The van der Waals surface area contributed by atoms with Crippen molar-refractivity contribution in [2.45, 2.75) is 46.1 Å². The molecule has 2 aliphatic heterocycles. The highest BCUT2D eigenvalue weighted by Gasteiger charge is 2.27. The number of nitrogens with zero attached hydrogens (tertiary/aromatic N) is 4. The fraction of sp³-hybridized carbons (Fsp3) is 0.737. The van der Waals surface area contributed by atoms with Crippen molar-refractivity contribution in [3.05, 3.63) is 11.8 Å². The first kappa shape index (κ1) is 18.9. The number of hydrogen-bond donors (Lipinski definition) is 1. The zero-order valence-corrected chi connectivity index (χ0v) is 16.6. The molecule has 2 fully saturated rings. The van der Waals surface area contributed by atoms with Crippen molar-refractivity contribution >= 4 is 17.7 Å². The number of hydrogen-bond acceptors (Lipinski definition) is 6. The van der Waals surface area contributed by atoms with Gasteiger partial charge in [-0.2, -0.15) is 4.98 Å². The summed E-state index contributed by atoms with van der Waals surface area (Å²) in [6.07, 6.45) is 0. The Balaban J connectivity index is 1.76. The molecule has 2 aliphatic rings. The van der Waals surface area contributed by atoms with Gasteiger partial charge in [-0.05, 0) is 0 Å². The molecule has 1 N–H and O–H groups in total. The van der Waals surface area contributed by atoms with Crippen molar-refractivity contribution in [2.24, 2.45) is 5.92 Å². The summed E-state index contributed by atoms with van der Waals surface area (Å²) in [6, 6.07) is 2.37. The summed E-state index contributed by atoms with van der Waals surface area (Å²) in [4.78, 5) is 25.9. The van der Waals surface area contributed by atoms with Gasteiger partial charge in [0.2, 0.25) is 11.9 Å². The van der Waals surface area contributed by atoms with Crippen molar-refractivity contribution in [3.63, 3.8) is 0 Å². The monoisotopic (exact) mass is 361 g/mol. The van der Waals surface area contributed by atoms with Crippen LogP contribution in [0.3, 0.4) is 0 Å². The third-order valence-electron chi connectivity index (χ3n) is 4.84. The van der Waals surface area contributed by atoms with Crippen molar-refractivity contribution in [1.29, 1.82) is 0 Å². The fourth-order valence-corrected chi connectivity index (χ4v) is 3.05. The predicted molar refractivity (Wildman–Crippen MR) is 103 cm³/mol. The molecular formula is C19H31N5O2. The molecule has 144 valence electrons. The molecule has 0 bridgehead atoms. The highest BCUT2D eigenvalue weighted by molar-refractivity contribution is 5.78. The molecule has 0 spiro atoms. The maximum Gasteiger partial charge on any atom is 0.227 e. The van der Waals surface area contributed by atoms with Gasteiger partial charge in [0, 0.05) is 43.6 Å². The predicted octanol–water partition coefficient (Wildman–Crippen LogP) is 1.89. The molecule has 3 rings (SSSR count). The number of rotatable bonds is 4. The number of carbonyl (C=O) groups is 1. The molecule has 1 aromatic rings. The molecule has 26 heavy (non-hydrogen) atoms. The molecule has 7 heteroatoms. The van der Waals surface area contributed by atoms with Crippen LogP contribution in [-0.4, -0.2) is 66.2 Å². The van der Waals surface area contributed by atoms with E-state index in [4.69, 9.17) is 14.7 Å². The summed E-state index contributed by atoms with van der Waals surface area (Å²) < 4.78 is 5.25. The number of piperazine rings is 1. The van der Waals surface area contributed by atoms with Crippen LogP contribution in [0.25, 0.3) is 0 Å².